The van der Waals surface area contributed by atoms with E-state index < -0.39 is 124 Å². The summed E-state index contributed by atoms with van der Waals surface area (Å²) in [6.07, 6.45) is 75.3. The Kier molecular flexibility index (Phi) is 66.5. The summed E-state index contributed by atoms with van der Waals surface area (Å²) in [5.74, 6) is -0.289. The molecule has 0 spiro atoms. The second-order valence-corrected chi connectivity index (χ2v) is 32.0. The molecule has 12 N–H and O–H groups in total. The minimum Gasteiger partial charge on any atom is -0.394 e. The first-order valence-corrected chi connectivity index (χ1v) is 45.6. The number of aliphatic hydroxyl groups excluding tert-OH is 11. The molecule has 0 aliphatic carbocycles. The average Bonchev–Trinajstić information content (AvgIpc) is 0.780. The number of hydrogen-bond donors (Lipinski definition) is 12. The standard InChI is InChI=1S/C94H165NO18/c1-3-5-7-9-11-13-15-17-19-21-23-25-27-29-31-33-35-37-38-40-42-44-46-48-50-52-54-56-58-60-62-64-66-68-70-72-82(100)95-77(78(99)71-69-67-65-63-61-59-57-55-53-51-49-47-45-43-41-39-36-34-32-30-28-26-24-22-20-18-16-14-12-10-8-6-4-2)76-108-92-88(106)85(103)90(80(74-97)110-92)113-94-89(107)86(104)91(81(75-98)111-94)112-93-87(105)84(102)83(101)79(73-96)109-93/h5,7,11,13,17,19,23,25,29,31,35,37,53,55,61,63,69,71,77-81,83-94,96-99,101-107H,3-4,6,8-10,12,14-16,18,20-22,24,26-28,30,32-34,36,38-52,54,56-60,62,64-68,70,72-76H2,1-2H3,(H,95,100)/b7-5-,13-11-,19-17-,25-23-,31-29-,37-35-,55-53+,63-61+,71-69+. The maximum atomic E-state index is 13.5. The maximum Gasteiger partial charge on any atom is 0.220 e. The van der Waals surface area contributed by atoms with E-state index in [-0.39, 0.29) is 18.9 Å². The second-order valence-electron chi connectivity index (χ2n) is 32.0. The summed E-state index contributed by atoms with van der Waals surface area (Å²) in [6, 6.07) is -1.00. The highest BCUT2D eigenvalue weighted by atomic mass is 16.8. The van der Waals surface area contributed by atoms with Gasteiger partial charge >= 0.3 is 0 Å². The molecule has 3 heterocycles. The van der Waals surface area contributed by atoms with Crippen LogP contribution in [-0.2, 0) is 33.2 Å². The van der Waals surface area contributed by atoms with Gasteiger partial charge in [0.2, 0.25) is 5.91 Å². The highest BCUT2D eigenvalue weighted by Crippen LogP contribution is 2.33. The normalized spacial score (nSPS) is 25.3. The Labute approximate surface area is 685 Å². The van der Waals surface area contributed by atoms with Crippen LogP contribution in [0.25, 0.3) is 0 Å². The topological polar surface area (TPSA) is 307 Å². The number of allylic oxidation sites excluding steroid dienone is 17. The molecule has 3 fully saturated rings. The van der Waals surface area contributed by atoms with Crippen LogP contribution < -0.4 is 5.32 Å². The van der Waals surface area contributed by atoms with Crippen molar-refractivity contribution in [2.75, 3.05) is 26.4 Å². The third-order valence-corrected chi connectivity index (χ3v) is 22.0. The zero-order valence-corrected chi connectivity index (χ0v) is 70.6. The number of amides is 1. The third kappa shape index (κ3) is 50.9. The summed E-state index contributed by atoms with van der Waals surface area (Å²) >= 11 is 0. The number of carbonyl (C=O) groups is 1. The lowest BCUT2D eigenvalue weighted by molar-refractivity contribution is -0.379. The van der Waals surface area contributed by atoms with Crippen LogP contribution in [0.4, 0.5) is 0 Å². The van der Waals surface area contributed by atoms with Crippen LogP contribution in [0.1, 0.15) is 348 Å². The lowest BCUT2D eigenvalue weighted by Gasteiger charge is -2.48. The Morgan fingerprint density at radius 2 is 0.619 bits per heavy atom. The molecule has 17 atom stereocenters. The van der Waals surface area contributed by atoms with E-state index in [0.717, 1.165) is 83.5 Å². The molecule has 3 saturated heterocycles. The third-order valence-electron chi connectivity index (χ3n) is 22.0. The van der Waals surface area contributed by atoms with Gasteiger partial charge in [-0.05, 0) is 96.3 Å². The fourth-order valence-electron chi connectivity index (χ4n) is 14.8. The summed E-state index contributed by atoms with van der Waals surface area (Å²) < 4.78 is 34.5. The van der Waals surface area contributed by atoms with Gasteiger partial charge in [-0.3, -0.25) is 4.79 Å². The monoisotopic (exact) mass is 1600 g/mol. The molecule has 0 aromatic carbocycles. The molecule has 1 amide bonds. The van der Waals surface area contributed by atoms with Crippen LogP contribution >= 0.6 is 0 Å². The van der Waals surface area contributed by atoms with Crippen molar-refractivity contribution < 1.29 is 89.4 Å². The number of nitrogens with one attached hydrogen (secondary N) is 1. The fraction of sp³-hybridized carbons (Fsp3) is 0.798. The van der Waals surface area contributed by atoms with E-state index in [1.54, 1.807) is 6.08 Å². The van der Waals surface area contributed by atoms with E-state index >= 15 is 0 Å². The Bertz CT molecular complexity index is 2460. The van der Waals surface area contributed by atoms with Gasteiger partial charge in [-0.15, -0.1) is 0 Å². The van der Waals surface area contributed by atoms with E-state index in [2.05, 4.69) is 116 Å². The molecule has 113 heavy (non-hydrogen) atoms. The van der Waals surface area contributed by atoms with Gasteiger partial charge in [0.15, 0.2) is 18.9 Å². The molecule has 3 aliphatic rings. The van der Waals surface area contributed by atoms with Crippen LogP contribution in [0.2, 0.25) is 0 Å². The van der Waals surface area contributed by atoms with Crippen molar-refractivity contribution in [2.45, 2.75) is 452 Å². The Morgan fingerprint density at radius 3 is 0.991 bits per heavy atom. The average molecular weight is 1600 g/mol. The highest BCUT2D eigenvalue weighted by Gasteiger charge is 2.54. The van der Waals surface area contributed by atoms with E-state index in [9.17, 15) is 61.0 Å². The number of aliphatic hydroxyl groups is 11. The van der Waals surface area contributed by atoms with E-state index in [0.29, 0.717) is 12.8 Å². The Hall–Kier alpha value is -3.55. The number of rotatable bonds is 73. The van der Waals surface area contributed by atoms with E-state index in [1.807, 2.05) is 6.08 Å². The van der Waals surface area contributed by atoms with Gasteiger partial charge in [-0.25, -0.2) is 0 Å². The zero-order valence-electron chi connectivity index (χ0n) is 70.6. The van der Waals surface area contributed by atoms with Crippen molar-refractivity contribution in [1.82, 2.24) is 5.32 Å². The summed E-state index contributed by atoms with van der Waals surface area (Å²) in [5.41, 5.74) is 0. The van der Waals surface area contributed by atoms with Gasteiger partial charge in [0.25, 0.3) is 0 Å². The van der Waals surface area contributed by atoms with Crippen molar-refractivity contribution >= 4 is 5.91 Å². The fourth-order valence-corrected chi connectivity index (χ4v) is 14.8. The van der Waals surface area contributed by atoms with Gasteiger partial charge < -0.3 is 89.9 Å². The van der Waals surface area contributed by atoms with Crippen molar-refractivity contribution in [2.24, 2.45) is 0 Å². The van der Waals surface area contributed by atoms with E-state index in [4.69, 9.17) is 28.4 Å². The van der Waals surface area contributed by atoms with Crippen LogP contribution in [0, 0.1) is 0 Å². The predicted octanol–water partition coefficient (Wildman–Crippen LogP) is 17.6. The Balaban J connectivity index is 1.34. The first-order valence-electron chi connectivity index (χ1n) is 45.6. The van der Waals surface area contributed by atoms with E-state index in [1.165, 1.54) is 231 Å². The van der Waals surface area contributed by atoms with Gasteiger partial charge in [0, 0.05) is 6.42 Å². The number of hydrogen-bond acceptors (Lipinski definition) is 18. The van der Waals surface area contributed by atoms with Crippen LogP contribution in [0.5, 0.6) is 0 Å². The summed E-state index contributed by atoms with van der Waals surface area (Å²) in [6.45, 7) is 1.64. The molecular formula is C94H165NO18. The highest BCUT2D eigenvalue weighted by molar-refractivity contribution is 5.76. The molecule has 3 aliphatic heterocycles. The van der Waals surface area contributed by atoms with Crippen molar-refractivity contribution in [1.29, 1.82) is 0 Å². The largest absolute Gasteiger partial charge is 0.394 e. The molecular weight excluding hydrogens is 1430 g/mol. The molecule has 0 aromatic heterocycles. The van der Waals surface area contributed by atoms with Gasteiger partial charge in [0.1, 0.15) is 73.2 Å². The second kappa shape index (κ2) is 72.5. The molecule has 17 unspecified atom stereocenters. The first kappa shape index (κ1) is 104. The molecule has 0 saturated carbocycles. The van der Waals surface area contributed by atoms with Crippen LogP contribution in [-0.4, -0.2) is 193 Å². The molecule has 0 bridgehead atoms. The van der Waals surface area contributed by atoms with Gasteiger partial charge in [0.05, 0.1) is 38.6 Å². The first-order chi connectivity index (χ1) is 55.3. The minimum atomic E-state index is -1.99. The van der Waals surface area contributed by atoms with Crippen molar-refractivity contribution in [3.05, 3.63) is 109 Å². The zero-order chi connectivity index (χ0) is 81.7. The smallest absolute Gasteiger partial charge is 0.220 e. The van der Waals surface area contributed by atoms with Crippen molar-refractivity contribution in [3.63, 3.8) is 0 Å². The summed E-state index contributed by atoms with van der Waals surface area (Å²) in [7, 11) is 0. The van der Waals surface area contributed by atoms with Crippen LogP contribution in [0.15, 0.2) is 109 Å². The molecule has 0 radical (unpaired) electrons. The Morgan fingerprint density at radius 1 is 0.327 bits per heavy atom. The van der Waals surface area contributed by atoms with Crippen LogP contribution in [0.3, 0.4) is 0 Å². The van der Waals surface area contributed by atoms with Gasteiger partial charge in [-0.1, -0.05) is 354 Å². The lowest BCUT2D eigenvalue weighted by Crippen LogP contribution is -2.66. The minimum absolute atomic E-state index is 0.228. The number of ether oxygens (including phenoxy) is 6. The molecule has 3 rings (SSSR count). The molecule has 0 aromatic rings. The molecule has 654 valence electrons. The summed E-state index contributed by atoms with van der Waals surface area (Å²) in [5, 5.41) is 121. The SMILES string of the molecule is CC/C=C\C/C=C\C/C=C\C/C=C\C/C=C\C/C=C\CCCCCCCCCCCCCCCCCCC(=O)NC(COC1OC(CO)C(OC2OC(CO)C(OC3OC(CO)C(O)C(O)C3O)C(O)C2O)C(O)C1O)C(O)/C=C/CC/C=C/CC/C=C/CCCCCCCCCCCCCCCCCCCCCCCCC. The summed E-state index contributed by atoms with van der Waals surface area (Å²) in [4.78, 5) is 13.5. The van der Waals surface area contributed by atoms with Gasteiger partial charge in [-0.2, -0.15) is 0 Å². The maximum absolute atomic E-state index is 13.5. The number of unbranched alkanes of at least 4 members (excludes halogenated alkanes) is 41. The lowest BCUT2D eigenvalue weighted by atomic mass is 9.96. The quantitative estimate of drug-likeness (QED) is 0.0199. The predicted molar refractivity (Wildman–Crippen MR) is 457 cm³/mol. The number of carbonyl (C=O) groups excluding carboxylic acids is 1. The molecule has 19 nitrogen and oxygen atoms in total. The van der Waals surface area contributed by atoms with Crippen molar-refractivity contribution in [3.8, 4) is 0 Å². The molecule has 19 heteroatoms.